The van der Waals surface area contributed by atoms with Crippen LogP contribution in [0.15, 0.2) is 231 Å². The number of fused-ring (bicyclic) bond motifs is 7. The van der Waals surface area contributed by atoms with E-state index >= 15 is 0 Å². The maximum Gasteiger partial charge on any atom is 0.0541 e. The molecule has 2 nitrogen and oxygen atoms in total. The van der Waals surface area contributed by atoms with Crippen molar-refractivity contribution >= 4 is 81.1 Å². The second-order valence-corrected chi connectivity index (χ2v) is 16.7. The average Bonchev–Trinajstić information content (AvgIpc) is 3.88. The van der Waals surface area contributed by atoms with E-state index in [1.807, 2.05) is 11.3 Å². The van der Waals surface area contributed by atoms with E-state index in [0.29, 0.717) is 0 Å². The third-order valence-electron chi connectivity index (χ3n) is 12.2. The Morgan fingerprint density at radius 3 is 1.56 bits per heavy atom. The summed E-state index contributed by atoms with van der Waals surface area (Å²) in [4.78, 5) is 2.43. The summed E-state index contributed by atoms with van der Waals surface area (Å²) >= 11 is 1.88. The van der Waals surface area contributed by atoms with Crippen LogP contribution in [-0.2, 0) is 0 Å². The van der Waals surface area contributed by atoms with E-state index in [1.54, 1.807) is 0 Å². The van der Waals surface area contributed by atoms with Gasteiger partial charge < -0.3 is 9.47 Å². The number of hydrogen-bond acceptors (Lipinski definition) is 2. The van der Waals surface area contributed by atoms with E-state index in [2.05, 4.69) is 240 Å². The van der Waals surface area contributed by atoms with Crippen molar-refractivity contribution in [3.63, 3.8) is 0 Å². The van der Waals surface area contributed by atoms with Crippen LogP contribution in [0.2, 0.25) is 0 Å². The van der Waals surface area contributed by atoms with Crippen molar-refractivity contribution < 1.29 is 0 Å². The Morgan fingerprint density at radius 1 is 0.328 bits per heavy atom. The zero-order valence-electron chi connectivity index (χ0n) is 33.2. The summed E-state index contributed by atoms with van der Waals surface area (Å²) in [5.41, 5.74) is 14.1. The van der Waals surface area contributed by atoms with Crippen LogP contribution in [0.5, 0.6) is 0 Å². The largest absolute Gasteiger partial charge is 0.310 e. The predicted molar refractivity (Wildman–Crippen MR) is 262 cm³/mol. The van der Waals surface area contributed by atoms with Crippen molar-refractivity contribution in [1.82, 2.24) is 4.57 Å². The molecule has 0 saturated heterocycles. The van der Waals surface area contributed by atoms with Crippen molar-refractivity contribution in [1.29, 1.82) is 0 Å². The highest BCUT2D eigenvalue weighted by atomic mass is 32.1. The Bertz CT molecular complexity index is 3530. The number of aromatic nitrogens is 1. The van der Waals surface area contributed by atoms with Crippen LogP contribution in [0.1, 0.15) is 0 Å². The van der Waals surface area contributed by atoms with Crippen LogP contribution < -0.4 is 4.90 Å². The van der Waals surface area contributed by atoms with Gasteiger partial charge in [-0.15, -0.1) is 11.3 Å². The number of anilines is 3. The molecule has 3 heteroatoms. The van der Waals surface area contributed by atoms with Gasteiger partial charge in [0.25, 0.3) is 0 Å². The Kier molecular flexibility index (Phi) is 8.39. The third-order valence-corrected chi connectivity index (χ3v) is 13.4. The molecule has 0 aliphatic heterocycles. The van der Waals surface area contributed by atoms with Gasteiger partial charge in [-0.3, -0.25) is 0 Å². The normalized spacial score (nSPS) is 11.6. The summed E-state index contributed by atoms with van der Waals surface area (Å²) in [6, 6.07) is 84.1. The molecule has 0 aliphatic carbocycles. The fourth-order valence-electron chi connectivity index (χ4n) is 9.43. The lowest BCUT2D eigenvalue weighted by Gasteiger charge is -2.28. The summed E-state index contributed by atoms with van der Waals surface area (Å²) < 4.78 is 5.03. The highest BCUT2D eigenvalue weighted by molar-refractivity contribution is 7.26. The first-order valence-corrected chi connectivity index (χ1v) is 21.7. The predicted octanol–water partition coefficient (Wildman–Crippen LogP) is 16.8. The van der Waals surface area contributed by atoms with Gasteiger partial charge in [-0.1, -0.05) is 176 Å². The van der Waals surface area contributed by atoms with Gasteiger partial charge in [-0.05, 0) is 82.1 Å². The molecule has 0 amide bonds. The van der Waals surface area contributed by atoms with Gasteiger partial charge in [0.2, 0.25) is 0 Å². The van der Waals surface area contributed by atoms with E-state index < -0.39 is 0 Å². The van der Waals surface area contributed by atoms with E-state index in [4.69, 9.17) is 0 Å². The third kappa shape index (κ3) is 5.85. The van der Waals surface area contributed by atoms with Crippen LogP contribution in [0, 0.1) is 0 Å². The number of para-hydroxylation sites is 4. The molecule has 0 fully saturated rings. The lowest BCUT2D eigenvalue weighted by molar-refractivity contribution is 1.18. The maximum atomic E-state index is 2.43. The fraction of sp³-hybridized carbons (Fsp3) is 0. The van der Waals surface area contributed by atoms with Gasteiger partial charge in [0.05, 0.1) is 22.4 Å². The van der Waals surface area contributed by atoms with Crippen LogP contribution in [0.4, 0.5) is 17.1 Å². The molecule has 2 aromatic heterocycles. The van der Waals surface area contributed by atoms with Crippen LogP contribution >= 0.6 is 11.3 Å². The molecular formula is C58H38N2S. The van der Waals surface area contributed by atoms with Crippen molar-refractivity contribution in [2.24, 2.45) is 0 Å². The van der Waals surface area contributed by atoms with Gasteiger partial charge in [-0.2, -0.15) is 0 Å². The Balaban J connectivity index is 1.02. The molecule has 10 aromatic carbocycles. The summed E-state index contributed by atoms with van der Waals surface area (Å²) in [5, 5.41) is 7.62. The second-order valence-electron chi connectivity index (χ2n) is 15.6. The lowest BCUT2D eigenvalue weighted by Crippen LogP contribution is -2.11. The minimum Gasteiger partial charge on any atom is -0.310 e. The zero-order chi connectivity index (χ0) is 40.3. The summed E-state index contributed by atoms with van der Waals surface area (Å²) in [6.07, 6.45) is 0. The topological polar surface area (TPSA) is 8.17 Å². The smallest absolute Gasteiger partial charge is 0.0541 e. The Morgan fingerprint density at radius 2 is 0.820 bits per heavy atom. The lowest BCUT2D eigenvalue weighted by atomic mass is 9.97. The fourth-order valence-corrected chi connectivity index (χ4v) is 10.7. The second kappa shape index (κ2) is 14.5. The molecule has 0 bridgehead atoms. The first-order chi connectivity index (χ1) is 30.3. The molecule has 12 aromatic rings. The quantitative estimate of drug-likeness (QED) is 0.156. The van der Waals surface area contributed by atoms with Gasteiger partial charge in [0.1, 0.15) is 0 Å². The van der Waals surface area contributed by atoms with Crippen LogP contribution in [-0.4, -0.2) is 4.57 Å². The van der Waals surface area contributed by atoms with Crippen molar-refractivity contribution in [2.75, 3.05) is 4.90 Å². The van der Waals surface area contributed by atoms with Gasteiger partial charge >= 0.3 is 0 Å². The van der Waals surface area contributed by atoms with Crippen LogP contribution in [0.3, 0.4) is 0 Å². The minimum absolute atomic E-state index is 1.09. The Hall–Kier alpha value is -7.72. The molecule has 286 valence electrons. The molecule has 0 saturated carbocycles. The minimum atomic E-state index is 1.09. The maximum absolute atomic E-state index is 2.43. The van der Waals surface area contributed by atoms with E-state index in [9.17, 15) is 0 Å². The molecule has 0 unspecified atom stereocenters. The van der Waals surface area contributed by atoms with Crippen LogP contribution in [0.25, 0.3) is 91.8 Å². The van der Waals surface area contributed by atoms with E-state index in [0.717, 1.165) is 28.3 Å². The summed E-state index contributed by atoms with van der Waals surface area (Å²) in [5.74, 6) is 0. The van der Waals surface area contributed by atoms with Crippen molar-refractivity contribution in [3.05, 3.63) is 231 Å². The first kappa shape index (κ1) is 35.2. The molecule has 12 rings (SSSR count). The Labute approximate surface area is 358 Å². The summed E-state index contributed by atoms with van der Waals surface area (Å²) in [6.45, 7) is 0. The van der Waals surface area contributed by atoms with E-state index in [-0.39, 0.29) is 0 Å². The zero-order valence-corrected chi connectivity index (χ0v) is 34.1. The molecule has 0 radical (unpaired) electrons. The molecular weight excluding hydrogens is 757 g/mol. The number of hydrogen-bond donors (Lipinski definition) is 0. The molecule has 2 heterocycles. The van der Waals surface area contributed by atoms with Gasteiger partial charge in [0, 0.05) is 59.0 Å². The number of thiophene rings is 1. The monoisotopic (exact) mass is 794 g/mol. The first-order valence-electron chi connectivity index (χ1n) is 20.8. The highest BCUT2D eigenvalue weighted by Crippen LogP contribution is 2.47. The van der Waals surface area contributed by atoms with Gasteiger partial charge in [-0.25, -0.2) is 0 Å². The number of benzene rings is 10. The van der Waals surface area contributed by atoms with Crippen molar-refractivity contribution in [2.45, 2.75) is 0 Å². The average molecular weight is 795 g/mol. The molecule has 61 heavy (non-hydrogen) atoms. The molecule has 0 N–H and O–H groups in total. The van der Waals surface area contributed by atoms with Crippen molar-refractivity contribution in [3.8, 4) is 39.1 Å². The highest BCUT2D eigenvalue weighted by Gasteiger charge is 2.21. The standard InChI is InChI=1S/C58H38N2S/c1-2-17-44-39(15-1)16-13-23-45(44)40-31-35-42(36-32-40)59(54-27-9-6-21-49(54)51-24-14-25-52-50-22-7-12-30-57(50)61-58(51)52)43-37-33-41(34-38-43)46-18-3-8-26-53(46)60-55-28-10-4-19-47(55)48-20-5-11-29-56(48)60/h1-38H. The SMILES string of the molecule is c1ccc(N(c2ccc(-c3ccccc3-n3c4ccccc4c4ccccc43)cc2)c2ccc(-c3cccc4ccccc34)cc2)c(-c2cccc3c2sc2ccccc23)c1. The van der Waals surface area contributed by atoms with E-state index in [1.165, 1.54) is 80.6 Å². The van der Waals surface area contributed by atoms with Gasteiger partial charge in [0.15, 0.2) is 0 Å². The molecule has 0 spiro atoms. The molecule has 0 aliphatic rings. The number of rotatable bonds is 7. The number of nitrogens with zero attached hydrogens (tertiary/aromatic N) is 2. The summed E-state index contributed by atoms with van der Waals surface area (Å²) in [7, 11) is 0. The molecule has 0 atom stereocenters.